The van der Waals surface area contributed by atoms with E-state index in [0.29, 0.717) is 12.2 Å². The summed E-state index contributed by atoms with van der Waals surface area (Å²) in [5, 5.41) is 7.88. The summed E-state index contributed by atoms with van der Waals surface area (Å²) >= 11 is 0. The summed E-state index contributed by atoms with van der Waals surface area (Å²) < 4.78 is 7.11. The Bertz CT molecular complexity index is 1620. The molecule has 194 valence electrons. The number of hydrogen-bond acceptors (Lipinski definition) is 4. The molecule has 5 rings (SSSR count). The first kappa shape index (κ1) is 25.7. The summed E-state index contributed by atoms with van der Waals surface area (Å²) in [7, 11) is 3.42. The molecule has 6 nitrogen and oxygen atoms in total. The van der Waals surface area contributed by atoms with Crippen LogP contribution in [0.5, 0.6) is 5.75 Å². The Kier molecular flexibility index (Phi) is 7.64. The van der Waals surface area contributed by atoms with Crippen LogP contribution in [0.15, 0.2) is 108 Å². The van der Waals surface area contributed by atoms with Crippen LogP contribution >= 0.6 is 0 Å². The number of benzene rings is 4. The molecule has 0 atom stereocenters. The molecule has 0 aliphatic heterocycles. The Morgan fingerprint density at radius 2 is 1.64 bits per heavy atom. The largest absolute Gasteiger partial charge is 0.497 e. The van der Waals surface area contributed by atoms with Gasteiger partial charge in [-0.1, -0.05) is 72.8 Å². The Balaban J connectivity index is 1.46. The Hall–Kier alpha value is -4.97. The van der Waals surface area contributed by atoms with Gasteiger partial charge in [-0.3, -0.25) is 9.79 Å². The Morgan fingerprint density at radius 3 is 2.36 bits per heavy atom. The van der Waals surface area contributed by atoms with Gasteiger partial charge in [0.2, 0.25) is 0 Å². The number of methoxy groups -OCH3 is 1. The fourth-order valence-corrected chi connectivity index (χ4v) is 4.68. The van der Waals surface area contributed by atoms with Gasteiger partial charge < -0.3 is 10.1 Å². The predicted molar refractivity (Wildman–Crippen MR) is 157 cm³/mol. The average molecular weight is 515 g/mol. The average Bonchev–Trinajstić information content (AvgIpc) is 3.44. The molecule has 0 spiro atoms. The van der Waals surface area contributed by atoms with E-state index in [1.54, 1.807) is 18.8 Å². The van der Waals surface area contributed by atoms with Crippen molar-refractivity contribution in [2.24, 2.45) is 4.99 Å². The van der Waals surface area contributed by atoms with E-state index in [0.717, 1.165) is 50.5 Å². The highest BCUT2D eigenvalue weighted by atomic mass is 16.5. The molecule has 0 fully saturated rings. The van der Waals surface area contributed by atoms with Crippen LogP contribution in [-0.4, -0.2) is 36.1 Å². The number of amides is 1. The van der Waals surface area contributed by atoms with Gasteiger partial charge in [-0.05, 0) is 59.5 Å². The van der Waals surface area contributed by atoms with Crippen LogP contribution in [0.4, 0.5) is 0 Å². The molecule has 5 aromatic rings. The summed E-state index contributed by atoms with van der Waals surface area (Å²) in [5.74, 6) is 0.598. The monoisotopic (exact) mass is 514 g/mol. The predicted octanol–water partition coefficient (Wildman–Crippen LogP) is 6.50. The van der Waals surface area contributed by atoms with Gasteiger partial charge in [-0.25, -0.2) is 4.68 Å². The quantitative estimate of drug-likeness (QED) is 0.240. The molecule has 6 heteroatoms. The first-order chi connectivity index (χ1) is 19.1. The SMILES string of the molecule is CN=Cc1c(CNC(=O)c2cc(-c3ccccc3)nn2-c2ccccc2)ccc(-c2cccc(OC)c2)c1C. The van der Waals surface area contributed by atoms with Gasteiger partial charge in [0, 0.05) is 30.9 Å². The minimum Gasteiger partial charge on any atom is -0.497 e. The lowest BCUT2D eigenvalue weighted by Crippen LogP contribution is -2.26. The first-order valence-electron chi connectivity index (χ1n) is 12.8. The van der Waals surface area contributed by atoms with E-state index in [1.165, 1.54) is 0 Å². The summed E-state index contributed by atoms with van der Waals surface area (Å²) in [4.78, 5) is 17.8. The molecule has 0 bridgehead atoms. The number of para-hydroxylation sites is 1. The lowest BCUT2D eigenvalue weighted by atomic mass is 9.93. The maximum absolute atomic E-state index is 13.6. The van der Waals surface area contributed by atoms with Gasteiger partial charge in [-0.2, -0.15) is 5.10 Å². The van der Waals surface area contributed by atoms with Crippen molar-refractivity contribution in [3.8, 4) is 33.8 Å². The van der Waals surface area contributed by atoms with Crippen LogP contribution < -0.4 is 10.1 Å². The molecule has 1 amide bonds. The molecular weight excluding hydrogens is 484 g/mol. The Morgan fingerprint density at radius 1 is 0.923 bits per heavy atom. The second kappa shape index (κ2) is 11.6. The molecule has 0 radical (unpaired) electrons. The molecule has 0 saturated carbocycles. The number of carbonyl (C=O) groups is 1. The number of nitrogens with one attached hydrogen (secondary N) is 1. The number of aliphatic imine (C=N–C) groups is 1. The standard InChI is InChI=1S/C33H30N4O2/c1-23-29(25-13-10-16-28(19-25)39-3)18-17-26(30(23)22-34-2)21-35-33(38)32-20-31(24-11-6-4-7-12-24)36-37(32)27-14-8-5-9-15-27/h4-20,22H,21H2,1-3H3,(H,35,38). The summed E-state index contributed by atoms with van der Waals surface area (Å²) in [6.07, 6.45) is 1.85. The number of aromatic nitrogens is 2. The van der Waals surface area contributed by atoms with Gasteiger partial charge in [0.1, 0.15) is 11.4 Å². The highest BCUT2D eigenvalue weighted by Crippen LogP contribution is 2.30. The highest BCUT2D eigenvalue weighted by molar-refractivity contribution is 5.95. The molecule has 0 aliphatic rings. The third kappa shape index (κ3) is 5.50. The number of rotatable bonds is 8. The van der Waals surface area contributed by atoms with E-state index in [4.69, 9.17) is 9.84 Å². The van der Waals surface area contributed by atoms with Crippen LogP contribution in [0.2, 0.25) is 0 Å². The van der Waals surface area contributed by atoms with Crippen molar-refractivity contribution in [1.82, 2.24) is 15.1 Å². The molecule has 1 heterocycles. The lowest BCUT2D eigenvalue weighted by molar-refractivity contribution is 0.0943. The van der Waals surface area contributed by atoms with E-state index in [1.807, 2.05) is 97.2 Å². The first-order valence-corrected chi connectivity index (χ1v) is 12.8. The second-order valence-electron chi connectivity index (χ2n) is 9.14. The summed E-state index contributed by atoms with van der Waals surface area (Å²) in [5.41, 5.74) is 8.18. The third-order valence-electron chi connectivity index (χ3n) is 6.70. The van der Waals surface area contributed by atoms with Crippen molar-refractivity contribution < 1.29 is 9.53 Å². The zero-order valence-corrected chi connectivity index (χ0v) is 22.3. The van der Waals surface area contributed by atoms with Gasteiger partial charge in [0.05, 0.1) is 18.5 Å². The van der Waals surface area contributed by atoms with E-state index in [-0.39, 0.29) is 5.91 Å². The van der Waals surface area contributed by atoms with Gasteiger partial charge in [0.15, 0.2) is 0 Å². The molecule has 39 heavy (non-hydrogen) atoms. The van der Waals surface area contributed by atoms with Gasteiger partial charge >= 0.3 is 0 Å². The fourth-order valence-electron chi connectivity index (χ4n) is 4.68. The summed E-state index contributed by atoms with van der Waals surface area (Å²) in [6.45, 7) is 2.42. The smallest absolute Gasteiger partial charge is 0.270 e. The van der Waals surface area contributed by atoms with Crippen LogP contribution in [-0.2, 0) is 6.54 Å². The molecular formula is C33H30N4O2. The maximum Gasteiger partial charge on any atom is 0.270 e. The fraction of sp³-hybridized carbons (Fsp3) is 0.121. The van der Waals surface area contributed by atoms with Crippen molar-refractivity contribution in [2.75, 3.05) is 14.2 Å². The number of hydrogen-bond donors (Lipinski definition) is 1. The summed E-state index contributed by atoms with van der Waals surface area (Å²) in [6, 6.07) is 33.5. The Labute approximate surface area is 228 Å². The highest BCUT2D eigenvalue weighted by Gasteiger charge is 2.18. The van der Waals surface area contributed by atoms with Crippen LogP contribution in [0, 0.1) is 6.92 Å². The van der Waals surface area contributed by atoms with Crippen molar-refractivity contribution in [1.29, 1.82) is 0 Å². The van der Waals surface area contributed by atoms with E-state index >= 15 is 0 Å². The van der Waals surface area contributed by atoms with E-state index in [9.17, 15) is 4.79 Å². The third-order valence-corrected chi connectivity index (χ3v) is 6.70. The molecule has 0 saturated heterocycles. The maximum atomic E-state index is 13.6. The van der Waals surface area contributed by atoms with Gasteiger partial charge in [-0.15, -0.1) is 0 Å². The van der Waals surface area contributed by atoms with E-state index in [2.05, 4.69) is 29.4 Å². The van der Waals surface area contributed by atoms with E-state index < -0.39 is 0 Å². The second-order valence-corrected chi connectivity index (χ2v) is 9.14. The normalized spacial score (nSPS) is 11.1. The number of nitrogens with zero attached hydrogens (tertiary/aromatic N) is 3. The molecule has 1 aromatic heterocycles. The number of ether oxygens (including phenoxy) is 1. The van der Waals surface area contributed by atoms with Crippen LogP contribution in [0.1, 0.15) is 27.2 Å². The van der Waals surface area contributed by atoms with Crippen LogP contribution in [0.3, 0.4) is 0 Å². The zero-order valence-electron chi connectivity index (χ0n) is 22.3. The topological polar surface area (TPSA) is 68.5 Å². The van der Waals surface area contributed by atoms with Gasteiger partial charge in [0.25, 0.3) is 5.91 Å². The zero-order chi connectivity index (χ0) is 27.2. The van der Waals surface area contributed by atoms with Crippen molar-refractivity contribution in [2.45, 2.75) is 13.5 Å². The molecule has 1 N–H and O–H groups in total. The molecule has 0 aliphatic carbocycles. The minimum atomic E-state index is -0.206. The van der Waals surface area contributed by atoms with Crippen molar-refractivity contribution in [3.05, 3.63) is 126 Å². The van der Waals surface area contributed by atoms with Crippen molar-refractivity contribution >= 4 is 12.1 Å². The lowest BCUT2D eigenvalue weighted by Gasteiger charge is -2.15. The van der Waals surface area contributed by atoms with Crippen molar-refractivity contribution in [3.63, 3.8) is 0 Å². The number of carbonyl (C=O) groups excluding carboxylic acids is 1. The molecule has 0 unspecified atom stereocenters. The minimum absolute atomic E-state index is 0.206. The van der Waals surface area contributed by atoms with Crippen LogP contribution in [0.25, 0.3) is 28.1 Å². The molecule has 4 aromatic carbocycles.